The number of hydrogen-bond donors (Lipinski definition) is 2. The minimum absolute atomic E-state index is 0.0698. The lowest BCUT2D eigenvalue weighted by atomic mass is 10.2. The zero-order chi connectivity index (χ0) is 17.0. The normalized spacial score (nSPS) is 10.2. The molecule has 120 valence electrons. The van der Waals surface area contributed by atoms with Gasteiger partial charge in [0.05, 0.1) is 0 Å². The lowest BCUT2D eigenvalue weighted by molar-refractivity contribution is -0.117. The van der Waals surface area contributed by atoms with Crippen LogP contribution in [-0.4, -0.2) is 16.4 Å². The van der Waals surface area contributed by atoms with Gasteiger partial charge in [0.25, 0.3) is 0 Å². The molecule has 0 saturated heterocycles. The van der Waals surface area contributed by atoms with Crippen LogP contribution >= 0.6 is 0 Å². The molecule has 2 N–H and O–H groups in total. The molecule has 0 fully saturated rings. The summed E-state index contributed by atoms with van der Waals surface area (Å²) in [7, 11) is 0. The topological polar surface area (TPSA) is 80.2 Å². The van der Waals surface area contributed by atoms with Gasteiger partial charge < -0.3 is 15.2 Å². The Morgan fingerprint density at radius 1 is 1.00 bits per heavy atom. The van der Waals surface area contributed by atoms with Crippen molar-refractivity contribution in [3.05, 3.63) is 58.0 Å². The predicted octanol–water partition coefficient (Wildman–Crippen LogP) is 2.06. The van der Waals surface area contributed by atoms with E-state index in [2.05, 4.69) is 10.6 Å². The second-order valence-corrected chi connectivity index (χ2v) is 5.37. The largest absolute Gasteiger partial charge is 0.340 e. The predicted molar refractivity (Wildman–Crippen MR) is 89.6 cm³/mol. The summed E-state index contributed by atoms with van der Waals surface area (Å²) in [5.41, 5.74) is 2.61. The number of hydrogen-bond acceptors (Lipinski definition) is 3. The van der Waals surface area contributed by atoms with Crippen molar-refractivity contribution < 1.29 is 9.59 Å². The number of aromatic nitrogens is 1. The van der Waals surface area contributed by atoms with Crippen molar-refractivity contribution in [2.45, 2.75) is 27.3 Å². The third-order valence-corrected chi connectivity index (χ3v) is 3.32. The SMILES string of the molecule is CC(=O)Nc1cccc(NC(=O)Cn2c(C)cc(=O)cc2C)c1. The van der Waals surface area contributed by atoms with Crippen molar-refractivity contribution in [1.29, 1.82) is 0 Å². The highest BCUT2D eigenvalue weighted by Crippen LogP contribution is 2.15. The second-order valence-electron chi connectivity index (χ2n) is 5.37. The lowest BCUT2D eigenvalue weighted by Crippen LogP contribution is -2.23. The standard InChI is InChI=1S/C17H19N3O3/c1-11-7-16(22)8-12(2)20(11)10-17(23)19-15-6-4-5-14(9-15)18-13(3)21/h4-9H,10H2,1-3H3,(H,18,21)(H,19,23). The van der Waals surface area contributed by atoms with E-state index in [9.17, 15) is 14.4 Å². The van der Waals surface area contributed by atoms with Crippen LogP contribution in [-0.2, 0) is 16.1 Å². The average Bonchev–Trinajstić information content (AvgIpc) is 2.42. The monoisotopic (exact) mass is 313 g/mol. The molecule has 0 aliphatic carbocycles. The highest BCUT2D eigenvalue weighted by Gasteiger charge is 2.08. The Morgan fingerprint density at radius 2 is 1.57 bits per heavy atom. The van der Waals surface area contributed by atoms with Gasteiger partial charge in [0.2, 0.25) is 11.8 Å². The van der Waals surface area contributed by atoms with Crippen molar-refractivity contribution in [3.63, 3.8) is 0 Å². The Hall–Kier alpha value is -2.89. The van der Waals surface area contributed by atoms with E-state index >= 15 is 0 Å². The molecule has 0 saturated carbocycles. The Bertz CT molecular complexity index is 783. The van der Waals surface area contributed by atoms with Crippen LogP contribution in [0.2, 0.25) is 0 Å². The van der Waals surface area contributed by atoms with Crippen molar-refractivity contribution in [1.82, 2.24) is 4.57 Å². The van der Waals surface area contributed by atoms with Crippen molar-refractivity contribution in [2.24, 2.45) is 0 Å². The number of amides is 2. The molecule has 1 heterocycles. The number of aryl methyl sites for hydroxylation is 2. The number of benzene rings is 1. The molecule has 0 aliphatic heterocycles. The number of anilines is 2. The summed E-state index contributed by atoms with van der Waals surface area (Å²) >= 11 is 0. The molecular weight excluding hydrogens is 294 g/mol. The smallest absolute Gasteiger partial charge is 0.244 e. The van der Waals surface area contributed by atoms with Gasteiger partial charge in [-0.25, -0.2) is 0 Å². The van der Waals surface area contributed by atoms with Gasteiger partial charge in [-0.15, -0.1) is 0 Å². The van der Waals surface area contributed by atoms with Crippen molar-refractivity contribution in [3.8, 4) is 0 Å². The van der Waals surface area contributed by atoms with E-state index in [1.165, 1.54) is 19.1 Å². The molecule has 1 aromatic heterocycles. The molecule has 0 spiro atoms. The fraction of sp³-hybridized carbons (Fsp3) is 0.235. The lowest BCUT2D eigenvalue weighted by Gasteiger charge is -2.14. The van der Waals surface area contributed by atoms with Crippen LogP contribution in [0.15, 0.2) is 41.2 Å². The maximum absolute atomic E-state index is 12.2. The molecule has 0 radical (unpaired) electrons. The van der Waals surface area contributed by atoms with Gasteiger partial charge in [-0.05, 0) is 32.0 Å². The summed E-state index contributed by atoms with van der Waals surface area (Å²) in [5.74, 6) is -0.382. The summed E-state index contributed by atoms with van der Waals surface area (Å²) in [6.45, 7) is 5.12. The van der Waals surface area contributed by atoms with Crippen molar-refractivity contribution in [2.75, 3.05) is 10.6 Å². The zero-order valence-electron chi connectivity index (χ0n) is 13.3. The summed E-state index contributed by atoms with van der Waals surface area (Å²) in [5, 5.41) is 5.45. The van der Waals surface area contributed by atoms with Gasteiger partial charge in [0.1, 0.15) is 6.54 Å². The van der Waals surface area contributed by atoms with E-state index in [1.54, 1.807) is 42.7 Å². The molecule has 1 aromatic carbocycles. The number of nitrogens with zero attached hydrogens (tertiary/aromatic N) is 1. The van der Waals surface area contributed by atoms with Crippen LogP contribution < -0.4 is 16.1 Å². The summed E-state index contributed by atoms with van der Waals surface area (Å²) < 4.78 is 1.77. The molecule has 0 bridgehead atoms. The molecule has 2 amide bonds. The van der Waals surface area contributed by atoms with E-state index in [4.69, 9.17) is 0 Å². The van der Waals surface area contributed by atoms with Crippen LogP contribution in [0.1, 0.15) is 18.3 Å². The molecule has 2 rings (SSSR count). The summed E-state index contributed by atoms with van der Waals surface area (Å²) in [4.78, 5) is 34.7. The first-order valence-corrected chi connectivity index (χ1v) is 7.21. The first-order valence-electron chi connectivity index (χ1n) is 7.21. The quantitative estimate of drug-likeness (QED) is 0.906. The van der Waals surface area contributed by atoms with Crippen LogP contribution in [0.4, 0.5) is 11.4 Å². The fourth-order valence-electron chi connectivity index (χ4n) is 2.36. The van der Waals surface area contributed by atoms with E-state index in [0.29, 0.717) is 11.4 Å². The number of rotatable bonds is 4. The van der Waals surface area contributed by atoms with Gasteiger partial charge >= 0.3 is 0 Å². The molecule has 6 nitrogen and oxygen atoms in total. The molecule has 6 heteroatoms. The zero-order valence-corrected chi connectivity index (χ0v) is 13.3. The molecule has 0 aliphatic rings. The second kappa shape index (κ2) is 6.91. The van der Waals surface area contributed by atoms with Gasteiger partial charge in [0, 0.05) is 41.8 Å². The first kappa shape index (κ1) is 16.5. The van der Waals surface area contributed by atoms with E-state index < -0.39 is 0 Å². The van der Waals surface area contributed by atoms with Gasteiger partial charge in [-0.1, -0.05) is 6.07 Å². The highest BCUT2D eigenvalue weighted by molar-refractivity contribution is 5.93. The van der Waals surface area contributed by atoms with Gasteiger partial charge in [-0.3, -0.25) is 14.4 Å². The van der Waals surface area contributed by atoms with Crippen LogP contribution in [0, 0.1) is 13.8 Å². The number of pyridine rings is 1. The Morgan fingerprint density at radius 3 is 2.13 bits per heavy atom. The first-order chi connectivity index (χ1) is 10.8. The molecular formula is C17H19N3O3. The van der Waals surface area contributed by atoms with E-state index in [0.717, 1.165) is 11.4 Å². The van der Waals surface area contributed by atoms with Gasteiger partial charge in [-0.2, -0.15) is 0 Å². The highest BCUT2D eigenvalue weighted by atomic mass is 16.2. The maximum Gasteiger partial charge on any atom is 0.244 e. The molecule has 2 aromatic rings. The molecule has 23 heavy (non-hydrogen) atoms. The summed E-state index contributed by atoms with van der Waals surface area (Å²) in [6.07, 6.45) is 0. The van der Waals surface area contributed by atoms with Crippen LogP contribution in [0.5, 0.6) is 0 Å². The van der Waals surface area contributed by atoms with Crippen LogP contribution in [0.25, 0.3) is 0 Å². The van der Waals surface area contributed by atoms with Gasteiger partial charge in [0.15, 0.2) is 5.43 Å². The summed E-state index contributed by atoms with van der Waals surface area (Å²) in [6, 6.07) is 9.91. The van der Waals surface area contributed by atoms with Crippen LogP contribution in [0.3, 0.4) is 0 Å². The number of carbonyl (C=O) groups is 2. The Labute approximate surface area is 134 Å². The number of carbonyl (C=O) groups excluding carboxylic acids is 2. The Balaban J connectivity index is 2.11. The Kier molecular flexibility index (Phi) is 4.95. The van der Waals surface area contributed by atoms with Crippen molar-refractivity contribution >= 4 is 23.2 Å². The molecule has 0 unspecified atom stereocenters. The number of nitrogens with one attached hydrogen (secondary N) is 2. The maximum atomic E-state index is 12.2. The van der Waals surface area contributed by atoms with E-state index in [-0.39, 0.29) is 23.8 Å². The molecule has 0 atom stereocenters. The minimum Gasteiger partial charge on any atom is -0.340 e. The fourth-order valence-corrected chi connectivity index (χ4v) is 2.36. The van der Waals surface area contributed by atoms with E-state index in [1.807, 2.05) is 0 Å². The minimum atomic E-state index is -0.208. The average molecular weight is 313 g/mol. The third kappa shape index (κ3) is 4.54. The third-order valence-electron chi connectivity index (χ3n) is 3.32.